The first-order chi connectivity index (χ1) is 11.4. The molecule has 9 heteroatoms. The molecule has 0 aliphatic carbocycles. The molecule has 1 aliphatic rings. The van der Waals surface area contributed by atoms with Crippen molar-refractivity contribution in [3.05, 3.63) is 55.0 Å². The number of rotatable bonds is 2. The van der Waals surface area contributed by atoms with Gasteiger partial charge in [-0.3, -0.25) is 14.6 Å². The summed E-state index contributed by atoms with van der Waals surface area (Å²) < 4.78 is 0.879. The third kappa shape index (κ3) is 2.95. The van der Waals surface area contributed by atoms with Crippen LogP contribution in [-0.4, -0.2) is 26.7 Å². The van der Waals surface area contributed by atoms with E-state index < -0.39 is 17.3 Å². The van der Waals surface area contributed by atoms with E-state index in [0.717, 1.165) is 4.47 Å². The first-order valence-corrected chi connectivity index (χ1v) is 8.00. The fourth-order valence-corrected chi connectivity index (χ4v) is 2.66. The van der Waals surface area contributed by atoms with E-state index in [1.807, 2.05) is 0 Å². The molecular formula is C15H11BrN4O3S. The predicted molar refractivity (Wildman–Crippen MR) is 96.6 cm³/mol. The van der Waals surface area contributed by atoms with Crippen molar-refractivity contribution in [2.75, 3.05) is 5.01 Å². The van der Waals surface area contributed by atoms with Crippen molar-refractivity contribution in [1.82, 2.24) is 9.97 Å². The van der Waals surface area contributed by atoms with Crippen LogP contribution in [0.2, 0.25) is 0 Å². The summed E-state index contributed by atoms with van der Waals surface area (Å²) in [5.41, 5.74) is 0.565. The molecule has 0 saturated heterocycles. The van der Waals surface area contributed by atoms with Crippen LogP contribution in [-0.2, 0) is 4.79 Å². The molecule has 2 aromatic rings. The molecule has 1 aliphatic heterocycles. The molecular weight excluding hydrogens is 396 g/mol. The Balaban J connectivity index is 2.04. The Morgan fingerprint density at radius 1 is 1.25 bits per heavy atom. The molecule has 24 heavy (non-hydrogen) atoms. The van der Waals surface area contributed by atoms with Gasteiger partial charge in [0.2, 0.25) is 5.88 Å². The van der Waals surface area contributed by atoms with Gasteiger partial charge in [-0.1, -0.05) is 15.9 Å². The highest BCUT2D eigenvalue weighted by Gasteiger charge is 2.29. The number of aromatic amines is 2. The summed E-state index contributed by atoms with van der Waals surface area (Å²) in [6.45, 7) is 1.65. The molecule has 0 radical (unpaired) electrons. The summed E-state index contributed by atoms with van der Waals surface area (Å²) in [6, 6.07) is 7.07. The van der Waals surface area contributed by atoms with Gasteiger partial charge in [0.1, 0.15) is 5.56 Å². The third-order valence-electron chi connectivity index (χ3n) is 3.38. The summed E-state index contributed by atoms with van der Waals surface area (Å²) in [7, 11) is 0. The third-order valence-corrected chi connectivity index (χ3v) is 4.11. The number of anilines is 1. The molecule has 7 nitrogen and oxygen atoms in total. The second kappa shape index (κ2) is 6.17. The van der Waals surface area contributed by atoms with E-state index in [9.17, 15) is 14.7 Å². The zero-order chi connectivity index (χ0) is 17.4. The molecule has 0 saturated carbocycles. The van der Waals surface area contributed by atoms with Gasteiger partial charge in [-0.15, -0.1) is 0 Å². The topological polar surface area (TPSA) is 102 Å². The molecule has 0 atom stereocenters. The van der Waals surface area contributed by atoms with E-state index in [2.05, 4.69) is 31.0 Å². The van der Waals surface area contributed by atoms with E-state index in [4.69, 9.17) is 12.2 Å². The lowest BCUT2D eigenvalue weighted by atomic mass is 10.1. The highest BCUT2D eigenvalue weighted by Crippen LogP contribution is 2.26. The van der Waals surface area contributed by atoms with Gasteiger partial charge in [0.05, 0.1) is 17.0 Å². The number of carbonyl (C=O) groups excluding carboxylic acids is 1. The van der Waals surface area contributed by atoms with E-state index in [1.54, 1.807) is 31.2 Å². The number of aromatic nitrogens is 2. The Hall–Kier alpha value is -2.52. The number of carbonyl (C=O) groups is 1. The van der Waals surface area contributed by atoms with E-state index in [0.29, 0.717) is 11.4 Å². The minimum atomic E-state index is -0.591. The van der Waals surface area contributed by atoms with Crippen LogP contribution in [0.3, 0.4) is 0 Å². The van der Waals surface area contributed by atoms with Crippen molar-refractivity contribution in [2.45, 2.75) is 6.92 Å². The fraction of sp³-hybridized carbons (Fsp3) is 0.0667. The number of hydrazone groups is 1. The van der Waals surface area contributed by atoms with Gasteiger partial charge in [0.15, 0.2) is 4.77 Å². The molecule has 1 aromatic carbocycles. The Morgan fingerprint density at radius 2 is 1.92 bits per heavy atom. The van der Waals surface area contributed by atoms with Crippen molar-refractivity contribution < 1.29 is 9.90 Å². The van der Waals surface area contributed by atoms with Gasteiger partial charge in [0, 0.05) is 4.47 Å². The Morgan fingerprint density at radius 3 is 2.54 bits per heavy atom. The van der Waals surface area contributed by atoms with Crippen molar-refractivity contribution in [2.24, 2.45) is 5.10 Å². The number of halogens is 1. The van der Waals surface area contributed by atoms with Crippen molar-refractivity contribution in [3.63, 3.8) is 0 Å². The molecule has 0 fully saturated rings. The monoisotopic (exact) mass is 406 g/mol. The quantitative estimate of drug-likeness (QED) is 0.526. The summed E-state index contributed by atoms with van der Waals surface area (Å²) in [5.74, 6) is -0.796. The van der Waals surface area contributed by atoms with Crippen LogP contribution in [0.15, 0.2) is 44.2 Å². The summed E-state index contributed by atoms with van der Waals surface area (Å²) in [4.78, 5) is 29.3. The van der Waals surface area contributed by atoms with Gasteiger partial charge in [-0.2, -0.15) is 10.1 Å². The summed E-state index contributed by atoms with van der Waals surface area (Å²) in [5, 5.41) is 15.3. The van der Waals surface area contributed by atoms with Crippen LogP contribution < -0.4 is 10.6 Å². The molecule has 0 bridgehead atoms. The maximum Gasteiger partial charge on any atom is 0.280 e. The van der Waals surface area contributed by atoms with Crippen molar-refractivity contribution in [3.8, 4) is 5.88 Å². The molecule has 0 unspecified atom stereocenters. The first-order valence-electron chi connectivity index (χ1n) is 6.79. The lowest BCUT2D eigenvalue weighted by molar-refractivity contribution is -0.114. The number of nitrogens with zero attached hydrogens (tertiary/aromatic N) is 2. The number of hydrogen-bond acceptors (Lipinski definition) is 5. The Bertz CT molecular complexity index is 1000. The van der Waals surface area contributed by atoms with E-state index in [-0.39, 0.29) is 15.9 Å². The Kier molecular flexibility index (Phi) is 4.20. The second-order valence-corrected chi connectivity index (χ2v) is 6.33. The number of benzene rings is 1. The number of amides is 1. The number of nitrogens with one attached hydrogen (secondary N) is 2. The van der Waals surface area contributed by atoms with Gasteiger partial charge < -0.3 is 10.1 Å². The zero-order valence-electron chi connectivity index (χ0n) is 12.3. The normalized spacial score (nSPS) is 15.9. The lowest BCUT2D eigenvalue weighted by Gasteiger charge is -2.11. The summed E-state index contributed by atoms with van der Waals surface area (Å²) >= 11 is 8.10. The van der Waals surface area contributed by atoms with Gasteiger partial charge in [0.25, 0.3) is 11.5 Å². The minimum Gasteiger partial charge on any atom is -0.494 e. The fourth-order valence-electron chi connectivity index (χ4n) is 2.20. The largest absolute Gasteiger partial charge is 0.494 e. The molecule has 2 heterocycles. The minimum absolute atomic E-state index is 0.000670. The maximum absolute atomic E-state index is 12.6. The van der Waals surface area contributed by atoms with Crippen LogP contribution >= 0.6 is 28.1 Å². The molecule has 1 amide bonds. The standard InChI is InChI=1S/C15H11BrN4O3S/c1-7-10(6-11-12(21)17-15(24)18-13(11)22)14(23)20(19-7)9-4-2-8(16)3-5-9/h2-6H,1H3,(H3,17,18,21,22,24)/b10-6+. The SMILES string of the molecule is CC1=NN(c2ccc(Br)cc2)C(=O)/C1=C/c1c(O)[nH]c(=S)[nH]c1=O. The van der Waals surface area contributed by atoms with Crippen molar-refractivity contribution in [1.29, 1.82) is 0 Å². The molecule has 3 N–H and O–H groups in total. The van der Waals surface area contributed by atoms with Gasteiger partial charge in [-0.05, 0) is 49.5 Å². The highest BCUT2D eigenvalue weighted by atomic mass is 79.9. The van der Waals surface area contributed by atoms with Crippen LogP contribution in [0.1, 0.15) is 12.5 Å². The average molecular weight is 407 g/mol. The highest BCUT2D eigenvalue weighted by molar-refractivity contribution is 9.10. The van der Waals surface area contributed by atoms with Crippen LogP contribution in [0, 0.1) is 4.77 Å². The van der Waals surface area contributed by atoms with Crippen LogP contribution in [0.4, 0.5) is 5.69 Å². The number of hydrogen-bond donors (Lipinski definition) is 3. The lowest BCUT2D eigenvalue weighted by Crippen LogP contribution is -2.21. The molecule has 122 valence electrons. The molecule has 3 rings (SSSR count). The van der Waals surface area contributed by atoms with Crippen molar-refractivity contribution >= 4 is 51.5 Å². The zero-order valence-corrected chi connectivity index (χ0v) is 14.7. The van der Waals surface area contributed by atoms with Crippen LogP contribution in [0.25, 0.3) is 6.08 Å². The maximum atomic E-state index is 12.6. The van der Waals surface area contributed by atoms with Gasteiger partial charge >= 0.3 is 0 Å². The first kappa shape index (κ1) is 16.3. The Labute approximate surface area is 149 Å². The van der Waals surface area contributed by atoms with E-state index in [1.165, 1.54) is 11.1 Å². The smallest absolute Gasteiger partial charge is 0.280 e. The second-order valence-electron chi connectivity index (χ2n) is 5.01. The molecule has 1 aromatic heterocycles. The van der Waals surface area contributed by atoms with Crippen LogP contribution in [0.5, 0.6) is 5.88 Å². The predicted octanol–water partition coefficient (Wildman–Crippen LogP) is 2.71. The number of aromatic hydroxyl groups is 1. The summed E-state index contributed by atoms with van der Waals surface area (Å²) in [6.07, 6.45) is 1.29. The average Bonchev–Trinajstić information content (AvgIpc) is 2.79. The van der Waals surface area contributed by atoms with Gasteiger partial charge in [-0.25, -0.2) is 0 Å². The molecule has 0 spiro atoms. The number of H-pyrrole nitrogens is 2. The van der Waals surface area contributed by atoms with E-state index >= 15 is 0 Å².